The van der Waals surface area contributed by atoms with Crippen molar-refractivity contribution in [1.82, 2.24) is 35.2 Å². The molecule has 0 radical (unpaired) electrons. The molecule has 0 unspecified atom stereocenters. The Morgan fingerprint density at radius 3 is 2.78 bits per heavy atom. The van der Waals surface area contributed by atoms with Crippen LogP contribution in [0.4, 0.5) is 0 Å². The molecule has 37 heavy (non-hydrogen) atoms. The van der Waals surface area contributed by atoms with E-state index in [9.17, 15) is 4.79 Å². The minimum absolute atomic E-state index is 0.242. The Morgan fingerprint density at radius 2 is 1.86 bits per heavy atom. The molecule has 0 saturated carbocycles. The summed E-state index contributed by atoms with van der Waals surface area (Å²) in [7, 11) is 1.60. The molecule has 3 aromatic carbocycles. The highest BCUT2D eigenvalue weighted by molar-refractivity contribution is 5.83. The summed E-state index contributed by atoms with van der Waals surface area (Å²) >= 11 is 0. The molecule has 0 bridgehead atoms. The maximum atomic E-state index is 12.6. The summed E-state index contributed by atoms with van der Waals surface area (Å²) in [5.74, 6) is 2.21. The average Bonchev–Trinajstić information content (AvgIpc) is 3.39. The standard InChI is InChI=1S/C27H21N7O3/c1-36-20-9-10-24-19(12-20)13-22(27(35)30-24)26-31-33-34(32-26)15-17-5-4-7-21(11-17)37-16-25-28-14-18-6-2-3-8-23(18)29-25/h2-14H,15-16H2,1H3,(H,30,35). The van der Waals surface area contributed by atoms with Gasteiger partial charge >= 0.3 is 0 Å². The zero-order chi connectivity index (χ0) is 25.2. The van der Waals surface area contributed by atoms with Crippen LogP contribution in [0.15, 0.2) is 83.8 Å². The van der Waals surface area contributed by atoms with Crippen LogP contribution in [0.1, 0.15) is 11.4 Å². The fourth-order valence-corrected chi connectivity index (χ4v) is 4.02. The van der Waals surface area contributed by atoms with E-state index >= 15 is 0 Å². The van der Waals surface area contributed by atoms with E-state index in [4.69, 9.17) is 9.47 Å². The second kappa shape index (κ2) is 9.50. The van der Waals surface area contributed by atoms with Crippen molar-refractivity contribution >= 4 is 21.8 Å². The number of pyridine rings is 1. The van der Waals surface area contributed by atoms with Crippen LogP contribution in [0.25, 0.3) is 33.2 Å². The Balaban J connectivity index is 1.18. The van der Waals surface area contributed by atoms with Crippen molar-refractivity contribution in [1.29, 1.82) is 0 Å². The van der Waals surface area contributed by atoms with E-state index < -0.39 is 0 Å². The highest BCUT2D eigenvalue weighted by atomic mass is 16.5. The summed E-state index contributed by atoms with van der Waals surface area (Å²) < 4.78 is 11.2. The Kier molecular flexibility index (Phi) is 5.74. The molecular formula is C27H21N7O3. The summed E-state index contributed by atoms with van der Waals surface area (Å²) in [4.78, 5) is 25.8. The molecule has 0 aliphatic heterocycles. The lowest BCUT2D eigenvalue weighted by Crippen LogP contribution is -2.10. The molecule has 10 nitrogen and oxygen atoms in total. The third-order valence-corrected chi connectivity index (χ3v) is 5.87. The van der Waals surface area contributed by atoms with E-state index in [0.717, 1.165) is 21.9 Å². The lowest BCUT2D eigenvalue weighted by Gasteiger charge is -2.08. The van der Waals surface area contributed by atoms with Crippen molar-refractivity contribution in [3.63, 3.8) is 0 Å². The van der Waals surface area contributed by atoms with Crippen LogP contribution in [-0.2, 0) is 13.2 Å². The van der Waals surface area contributed by atoms with Crippen molar-refractivity contribution in [2.45, 2.75) is 13.2 Å². The van der Waals surface area contributed by atoms with Gasteiger partial charge in [0.15, 0.2) is 5.82 Å². The lowest BCUT2D eigenvalue weighted by atomic mass is 10.1. The second-order valence-corrected chi connectivity index (χ2v) is 8.39. The number of H-pyrrole nitrogens is 1. The van der Waals surface area contributed by atoms with Crippen LogP contribution < -0.4 is 15.0 Å². The Morgan fingerprint density at radius 1 is 0.946 bits per heavy atom. The number of para-hydroxylation sites is 1. The quantitative estimate of drug-likeness (QED) is 0.358. The third kappa shape index (κ3) is 4.72. The lowest BCUT2D eigenvalue weighted by molar-refractivity contribution is 0.296. The molecule has 0 saturated heterocycles. The summed E-state index contributed by atoms with van der Waals surface area (Å²) in [5.41, 5.74) is 2.54. The van der Waals surface area contributed by atoms with E-state index in [-0.39, 0.29) is 18.0 Å². The number of nitrogens with zero attached hydrogens (tertiary/aromatic N) is 6. The number of benzene rings is 3. The van der Waals surface area contributed by atoms with Gasteiger partial charge in [0.1, 0.15) is 18.1 Å². The van der Waals surface area contributed by atoms with Crippen molar-refractivity contribution in [2.24, 2.45) is 0 Å². The highest BCUT2D eigenvalue weighted by Crippen LogP contribution is 2.21. The predicted octanol–water partition coefficient (Wildman–Crippen LogP) is 3.76. The van der Waals surface area contributed by atoms with Gasteiger partial charge in [-0.3, -0.25) is 4.79 Å². The molecular weight excluding hydrogens is 470 g/mol. The van der Waals surface area contributed by atoms with E-state index in [2.05, 4.69) is 30.4 Å². The first-order valence-corrected chi connectivity index (χ1v) is 11.6. The number of aromatic nitrogens is 7. The molecule has 0 aliphatic carbocycles. The van der Waals surface area contributed by atoms with Gasteiger partial charge in [-0.15, -0.1) is 10.2 Å². The number of methoxy groups -OCH3 is 1. The topological polar surface area (TPSA) is 121 Å². The van der Waals surface area contributed by atoms with Gasteiger partial charge in [-0.2, -0.15) is 4.80 Å². The number of rotatable bonds is 7. The maximum Gasteiger partial charge on any atom is 0.259 e. The normalized spacial score (nSPS) is 11.2. The molecule has 10 heteroatoms. The minimum atomic E-state index is -0.288. The largest absolute Gasteiger partial charge is 0.497 e. The van der Waals surface area contributed by atoms with Gasteiger partial charge in [0.2, 0.25) is 5.82 Å². The van der Waals surface area contributed by atoms with Crippen molar-refractivity contribution in [2.75, 3.05) is 7.11 Å². The van der Waals surface area contributed by atoms with Crippen LogP contribution in [0.3, 0.4) is 0 Å². The molecule has 0 atom stereocenters. The van der Waals surface area contributed by atoms with Gasteiger partial charge < -0.3 is 14.5 Å². The van der Waals surface area contributed by atoms with Crippen LogP contribution in [0, 0.1) is 0 Å². The van der Waals surface area contributed by atoms with Gasteiger partial charge in [0, 0.05) is 22.5 Å². The molecule has 0 amide bonds. The number of nitrogens with one attached hydrogen (secondary N) is 1. The first-order chi connectivity index (χ1) is 18.1. The summed E-state index contributed by atoms with van der Waals surface area (Å²) in [6.07, 6.45) is 1.79. The van der Waals surface area contributed by atoms with Crippen molar-refractivity contribution in [3.05, 3.63) is 101 Å². The second-order valence-electron chi connectivity index (χ2n) is 8.39. The van der Waals surface area contributed by atoms with E-state index in [1.54, 1.807) is 31.5 Å². The SMILES string of the molecule is COc1ccc2[nH]c(=O)c(-c3nnn(Cc4cccc(OCc5ncc6ccccc6n5)c4)n3)cc2c1. The molecule has 3 heterocycles. The molecule has 6 rings (SSSR count). The smallest absolute Gasteiger partial charge is 0.259 e. The van der Waals surface area contributed by atoms with Crippen molar-refractivity contribution in [3.8, 4) is 22.9 Å². The van der Waals surface area contributed by atoms with Crippen LogP contribution in [0.2, 0.25) is 0 Å². The number of ether oxygens (including phenoxy) is 2. The van der Waals surface area contributed by atoms with Gasteiger partial charge in [0.25, 0.3) is 5.56 Å². The van der Waals surface area contributed by atoms with Gasteiger partial charge in [-0.25, -0.2) is 9.97 Å². The Bertz CT molecular complexity index is 1790. The first kappa shape index (κ1) is 22.4. The van der Waals surface area contributed by atoms with E-state index in [1.807, 2.05) is 54.6 Å². The fourth-order valence-electron chi connectivity index (χ4n) is 4.02. The van der Waals surface area contributed by atoms with Gasteiger partial charge in [-0.05, 0) is 53.2 Å². The molecule has 3 aromatic heterocycles. The van der Waals surface area contributed by atoms with Crippen LogP contribution in [0.5, 0.6) is 11.5 Å². The molecule has 0 fully saturated rings. The zero-order valence-corrected chi connectivity index (χ0v) is 19.8. The molecule has 1 N–H and O–H groups in total. The van der Waals surface area contributed by atoms with Crippen LogP contribution in [-0.4, -0.2) is 42.3 Å². The molecule has 0 spiro atoms. The van der Waals surface area contributed by atoms with Gasteiger partial charge in [0.05, 0.1) is 24.7 Å². The van der Waals surface area contributed by atoms with E-state index in [0.29, 0.717) is 34.9 Å². The van der Waals surface area contributed by atoms with Crippen LogP contribution >= 0.6 is 0 Å². The monoisotopic (exact) mass is 491 g/mol. The summed E-state index contributed by atoms with van der Waals surface area (Å²) in [6.45, 7) is 0.603. The average molecular weight is 492 g/mol. The predicted molar refractivity (Wildman–Crippen MR) is 137 cm³/mol. The molecule has 182 valence electrons. The fraction of sp³-hybridized carbons (Fsp3) is 0.111. The Labute approximate surface area is 210 Å². The van der Waals surface area contributed by atoms with Gasteiger partial charge in [-0.1, -0.05) is 30.3 Å². The minimum Gasteiger partial charge on any atom is -0.497 e. The van der Waals surface area contributed by atoms with E-state index in [1.165, 1.54) is 4.80 Å². The molecule has 6 aromatic rings. The zero-order valence-electron chi connectivity index (χ0n) is 19.8. The van der Waals surface area contributed by atoms with Crippen molar-refractivity contribution < 1.29 is 9.47 Å². The maximum absolute atomic E-state index is 12.6. The number of aromatic amines is 1. The number of tetrazole rings is 1. The summed E-state index contributed by atoms with van der Waals surface area (Å²) in [5, 5.41) is 14.4. The first-order valence-electron chi connectivity index (χ1n) is 11.6. The molecule has 0 aliphatic rings. The number of hydrogen-bond acceptors (Lipinski definition) is 8. The third-order valence-electron chi connectivity index (χ3n) is 5.87. The Hall–Kier alpha value is -5.12. The number of hydrogen-bond donors (Lipinski definition) is 1. The highest BCUT2D eigenvalue weighted by Gasteiger charge is 2.13. The number of fused-ring (bicyclic) bond motifs is 2. The summed E-state index contributed by atoms with van der Waals surface area (Å²) in [6, 6.07) is 22.6.